The summed E-state index contributed by atoms with van der Waals surface area (Å²) in [6.07, 6.45) is 1.17. The van der Waals surface area contributed by atoms with Gasteiger partial charge in [0, 0.05) is 4.90 Å². The van der Waals surface area contributed by atoms with Crippen molar-refractivity contribution in [1.29, 1.82) is 0 Å². The van der Waals surface area contributed by atoms with Crippen LogP contribution in [0.5, 0.6) is 0 Å². The molecule has 0 aliphatic rings. The Morgan fingerprint density at radius 2 is 1.41 bits per heavy atom. The van der Waals surface area contributed by atoms with E-state index in [1.165, 1.54) is 12.1 Å². The van der Waals surface area contributed by atoms with Crippen LogP contribution in [0.3, 0.4) is 0 Å². The van der Waals surface area contributed by atoms with E-state index in [0.717, 1.165) is 61.4 Å². The van der Waals surface area contributed by atoms with Gasteiger partial charge in [0.25, 0.3) is 0 Å². The van der Waals surface area contributed by atoms with Crippen LogP contribution in [0.2, 0.25) is 0 Å². The predicted molar refractivity (Wildman–Crippen MR) is 142 cm³/mol. The monoisotopic (exact) mass is 484 g/mol. The molecule has 5 heteroatoms. The van der Waals surface area contributed by atoms with Crippen molar-refractivity contribution >= 4 is 44.5 Å². The lowest BCUT2D eigenvalue weighted by Gasteiger charge is -2.13. The fourth-order valence-corrected chi connectivity index (χ4v) is 4.85. The third-order valence-corrected chi connectivity index (χ3v) is 7.23. The van der Waals surface area contributed by atoms with Gasteiger partial charge in [-0.15, -0.1) is 0 Å². The van der Waals surface area contributed by atoms with Crippen LogP contribution in [0.4, 0.5) is 4.39 Å². The molecular weight excluding hydrogens is 463 g/mol. The van der Waals surface area contributed by atoms with Gasteiger partial charge in [-0.05, 0) is 99.4 Å². The first-order chi connectivity index (χ1) is 16.4. The molecule has 0 heterocycles. The standard InChI is InChI=1S/C29H21FO2S2/c1-4-28(31)34-27-16-11-20(17-26(27)30)23-15-14-22(24-7-5-6-8-25(23)24)19-9-12-21(13-10-19)33-29(32)18(2)3/h4-17H,1-2H2,3H3. The molecule has 0 amide bonds. The Bertz CT molecular complexity index is 1440. The van der Waals surface area contributed by atoms with Crippen LogP contribution >= 0.6 is 23.5 Å². The largest absolute Gasteiger partial charge is 0.282 e. The van der Waals surface area contributed by atoms with Gasteiger partial charge in [0.05, 0.1) is 4.90 Å². The molecular formula is C29H21FO2S2. The summed E-state index contributed by atoms with van der Waals surface area (Å²) in [6, 6.07) is 24.8. The molecule has 0 unspecified atom stereocenters. The van der Waals surface area contributed by atoms with Gasteiger partial charge < -0.3 is 0 Å². The Morgan fingerprint density at radius 1 is 0.824 bits per heavy atom. The van der Waals surface area contributed by atoms with Crippen LogP contribution in [0.15, 0.2) is 113 Å². The molecule has 0 aromatic heterocycles. The first kappa shape index (κ1) is 23.7. The second-order valence-corrected chi connectivity index (χ2v) is 9.76. The van der Waals surface area contributed by atoms with E-state index in [9.17, 15) is 14.0 Å². The first-order valence-electron chi connectivity index (χ1n) is 10.5. The van der Waals surface area contributed by atoms with Crippen LogP contribution in [0, 0.1) is 5.82 Å². The zero-order chi connectivity index (χ0) is 24.2. The fraction of sp³-hybridized carbons (Fsp3) is 0.0345. The fourth-order valence-electron chi connectivity index (χ4n) is 3.60. The van der Waals surface area contributed by atoms with E-state index in [4.69, 9.17) is 0 Å². The maximum atomic E-state index is 14.7. The Hall–Kier alpha value is -3.41. The highest BCUT2D eigenvalue weighted by molar-refractivity contribution is 8.14. The summed E-state index contributed by atoms with van der Waals surface area (Å²) < 4.78 is 14.7. The molecule has 2 nitrogen and oxygen atoms in total. The number of halogens is 1. The molecule has 0 bridgehead atoms. The molecule has 0 fully saturated rings. The van der Waals surface area contributed by atoms with Gasteiger partial charge in [-0.1, -0.05) is 67.8 Å². The third-order valence-electron chi connectivity index (χ3n) is 5.27. The summed E-state index contributed by atoms with van der Waals surface area (Å²) in [5, 5.41) is 1.69. The molecule has 0 aliphatic heterocycles. The Labute approximate surface area is 206 Å². The Morgan fingerprint density at radius 3 is 1.97 bits per heavy atom. The van der Waals surface area contributed by atoms with Gasteiger partial charge in [-0.25, -0.2) is 4.39 Å². The molecule has 0 N–H and O–H groups in total. The lowest BCUT2D eigenvalue weighted by molar-refractivity contribution is -0.108. The molecule has 4 rings (SSSR count). The minimum atomic E-state index is -0.441. The van der Waals surface area contributed by atoms with Crippen molar-refractivity contribution in [3.63, 3.8) is 0 Å². The average Bonchev–Trinajstić information content (AvgIpc) is 2.85. The van der Waals surface area contributed by atoms with E-state index in [1.807, 2.05) is 66.7 Å². The highest BCUT2D eigenvalue weighted by atomic mass is 32.2. The predicted octanol–water partition coefficient (Wildman–Crippen LogP) is 8.31. The minimum absolute atomic E-state index is 0.0481. The number of thioether (sulfide) groups is 2. The van der Waals surface area contributed by atoms with Crippen LogP contribution in [-0.2, 0) is 9.59 Å². The number of fused-ring (bicyclic) bond motifs is 1. The highest BCUT2D eigenvalue weighted by Gasteiger charge is 2.13. The number of benzene rings is 4. The lowest BCUT2D eigenvalue weighted by Crippen LogP contribution is -1.91. The summed E-state index contributed by atoms with van der Waals surface area (Å²) in [5.74, 6) is -0.441. The number of carbonyl (C=O) groups is 2. The minimum Gasteiger partial charge on any atom is -0.282 e. The van der Waals surface area contributed by atoms with Crippen molar-refractivity contribution in [2.24, 2.45) is 0 Å². The Balaban J connectivity index is 1.72. The van der Waals surface area contributed by atoms with Crippen LogP contribution in [0.25, 0.3) is 33.0 Å². The van der Waals surface area contributed by atoms with Gasteiger partial charge in [-0.3, -0.25) is 9.59 Å². The van der Waals surface area contributed by atoms with E-state index >= 15 is 0 Å². The van der Waals surface area contributed by atoms with E-state index < -0.39 is 5.82 Å². The molecule has 0 radical (unpaired) electrons. The second-order valence-electron chi connectivity index (χ2n) is 7.67. The van der Waals surface area contributed by atoms with E-state index in [2.05, 4.69) is 13.2 Å². The summed E-state index contributed by atoms with van der Waals surface area (Å²) in [6.45, 7) is 8.83. The van der Waals surface area contributed by atoms with Crippen molar-refractivity contribution in [2.45, 2.75) is 16.7 Å². The van der Waals surface area contributed by atoms with Crippen molar-refractivity contribution in [3.8, 4) is 22.3 Å². The summed E-state index contributed by atoms with van der Waals surface area (Å²) in [7, 11) is 0. The SMILES string of the molecule is C=CC(=O)Sc1ccc(-c2ccc(-c3ccc(SC(=O)C(=C)C)cc3)c3ccccc23)cc1F. The summed E-state index contributed by atoms with van der Waals surface area (Å²) in [5.41, 5.74) is 4.23. The molecule has 0 saturated heterocycles. The van der Waals surface area contributed by atoms with Crippen LogP contribution in [-0.4, -0.2) is 10.2 Å². The van der Waals surface area contributed by atoms with Gasteiger partial charge in [-0.2, -0.15) is 0 Å². The van der Waals surface area contributed by atoms with Crippen molar-refractivity contribution in [1.82, 2.24) is 0 Å². The van der Waals surface area contributed by atoms with Gasteiger partial charge in [0.15, 0.2) is 0 Å². The van der Waals surface area contributed by atoms with Crippen LogP contribution in [0.1, 0.15) is 6.92 Å². The molecule has 0 spiro atoms. The Kier molecular flexibility index (Phi) is 7.15. The van der Waals surface area contributed by atoms with E-state index in [0.29, 0.717) is 5.57 Å². The number of rotatable bonds is 6. The van der Waals surface area contributed by atoms with Crippen molar-refractivity contribution < 1.29 is 14.0 Å². The normalized spacial score (nSPS) is 10.8. The number of hydrogen-bond donors (Lipinski definition) is 0. The molecule has 168 valence electrons. The second kappa shape index (κ2) is 10.2. The first-order valence-corrected chi connectivity index (χ1v) is 12.1. The van der Waals surface area contributed by atoms with E-state index in [-0.39, 0.29) is 15.1 Å². The van der Waals surface area contributed by atoms with Gasteiger partial charge in [0.1, 0.15) is 5.82 Å². The van der Waals surface area contributed by atoms with E-state index in [1.54, 1.807) is 13.0 Å². The van der Waals surface area contributed by atoms with Crippen molar-refractivity contribution in [3.05, 3.63) is 109 Å². The molecule has 4 aromatic rings. The van der Waals surface area contributed by atoms with Crippen LogP contribution < -0.4 is 0 Å². The summed E-state index contributed by atoms with van der Waals surface area (Å²) >= 11 is 1.99. The zero-order valence-electron chi connectivity index (χ0n) is 18.5. The lowest BCUT2D eigenvalue weighted by atomic mass is 9.92. The number of carbonyl (C=O) groups excluding carboxylic acids is 2. The highest BCUT2D eigenvalue weighted by Crippen LogP contribution is 2.37. The van der Waals surface area contributed by atoms with Crippen molar-refractivity contribution in [2.75, 3.05) is 0 Å². The molecule has 34 heavy (non-hydrogen) atoms. The maximum absolute atomic E-state index is 14.7. The quantitative estimate of drug-likeness (QED) is 0.204. The van der Waals surface area contributed by atoms with Gasteiger partial charge >= 0.3 is 0 Å². The zero-order valence-corrected chi connectivity index (χ0v) is 20.1. The smallest absolute Gasteiger partial charge is 0.219 e. The maximum Gasteiger partial charge on any atom is 0.219 e. The van der Waals surface area contributed by atoms with Gasteiger partial charge in [0.2, 0.25) is 10.2 Å². The number of hydrogen-bond acceptors (Lipinski definition) is 4. The molecule has 0 aliphatic carbocycles. The summed E-state index contributed by atoms with van der Waals surface area (Å²) in [4.78, 5) is 24.7. The average molecular weight is 485 g/mol. The topological polar surface area (TPSA) is 34.1 Å². The molecule has 0 atom stereocenters. The third kappa shape index (κ3) is 5.06. The molecule has 0 saturated carbocycles. The molecule has 4 aromatic carbocycles.